The van der Waals surface area contributed by atoms with Crippen LogP contribution in [0.15, 0.2) is 36.5 Å². The molecule has 1 aliphatic heterocycles. The Morgan fingerprint density at radius 3 is 2.89 bits per heavy atom. The van der Waals surface area contributed by atoms with Crippen molar-refractivity contribution in [1.29, 1.82) is 0 Å². The summed E-state index contributed by atoms with van der Waals surface area (Å²) < 4.78 is 10.6. The number of aromatic nitrogens is 1. The molecule has 2 aromatic rings. The van der Waals surface area contributed by atoms with Crippen molar-refractivity contribution in [3.05, 3.63) is 42.1 Å². The fourth-order valence-electron chi connectivity index (χ4n) is 1.76. The van der Waals surface area contributed by atoms with Crippen LogP contribution in [0.5, 0.6) is 11.5 Å². The molecule has 1 aromatic carbocycles. The number of pyridine rings is 1. The Kier molecular flexibility index (Phi) is 2.64. The molecule has 92 valence electrons. The minimum atomic E-state index is 0.300. The zero-order valence-electron chi connectivity index (χ0n) is 9.72. The maximum absolute atomic E-state index is 5.53. The van der Waals surface area contributed by atoms with Gasteiger partial charge in [0.1, 0.15) is 5.82 Å². The molecule has 5 nitrogen and oxygen atoms in total. The third-order valence-corrected chi connectivity index (χ3v) is 2.72. The molecule has 3 rings (SSSR count). The molecule has 0 saturated carbocycles. The van der Waals surface area contributed by atoms with Crippen LogP contribution in [0.1, 0.15) is 5.56 Å². The van der Waals surface area contributed by atoms with Crippen LogP contribution in [0.25, 0.3) is 0 Å². The van der Waals surface area contributed by atoms with Crippen LogP contribution in [0.2, 0.25) is 0 Å². The molecule has 0 bridgehead atoms. The van der Waals surface area contributed by atoms with Gasteiger partial charge in [-0.05, 0) is 29.8 Å². The molecule has 0 atom stereocenters. The highest BCUT2D eigenvalue weighted by Crippen LogP contribution is 2.32. The summed E-state index contributed by atoms with van der Waals surface area (Å²) in [7, 11) is 0. The van der Waals surface area contributed by atoms with Crippen molar-refractivity contribution in [1.82, 2.24) is 4.98 Å². The molecule has 3 N–H and O–H groups in total. The smallest absolute Gasteiger partial charge is 0.231 e. The number of hydrogen-bond donors (Lipinski definition) is 2. The number of fused-ring (bicyclic) bond motifs is 1. The minimum absolute atomic E-state index is 0.300. The Hall–Kier alpha value is -2.43. The molecular weight excluding hydrogens is 230 g/mol. The van der Waals surface area contributed by atoms with Crippen molar-refractivity contribution in [2.45, 2.75) is 6.54 Å². The summed E-state index contributed by atoms with van der Waals surface area (Å²) in [5.74, 6) is 2.11. The van der Waals surface area contributed by atoms with E-state index in [4.69, 9.17) is 15.2 Å². The van der Waals surface area contributed by atoms with Crippen LogP contribution in [0, 0.1) is 0 Å². The average Bonchev–Trinajstić information content (AvgIpc) is 2.85. The molecule has 2 heterocycles. The van der Waals surface area contributed by atoms with Gasteiger partial charge < -0.3 is 20.5 Å². The highest BCUT2D eigenvalue weighted by atomic mass is 16.7. The second-order valence-corrected chi connectivity index (χ2v) is 4.01. The molecule has 1 aromatic heterocycles. The number of benzene rings is 1. The predicted molar refractivity (Wildman–Crippen MR) is 68.5 cm³/mol. The lowest BCUT2D eigenvalue weighted by molar-refractivity contribution is 0.174. The monoisotopic (exact) mass is 243 g/mol. The van der Waals surface area contributed by atoms with E-state index in [1.54, 1.807) is 12.3 Å². The Morgan fingerprint density at radius 1 is 1.17 bits per heavy atom. The minimum Gasteiger partial charge on any atom is -0.454 e. The number of nitrogens with two attached hydrogens (primary N) is 1. The highest BCUT2D eigenvalue weighted by Gasteiger charge is 2.12. The molecule has 18 heavy (non-hydrogen) atoms. The van der Waals surface area contributed by atoms with Gasteiger partial charge in [0.15, 0.2) is 11.5 Å². The fourth-order valence-corrected chi connectivity index (χ4v) is 1.76. The molecule has 0 radical (unpaired) electrons. The van der Waals surface area contributed by atoms with Crippen LogP contribution < -0.4 is 20.5 Å². The summed E-state index contributed by atoms with van der Waals surface area (Å²) >= 11 is 0. The van der Waals surface area contributed by atoms with E-state index in [9.17, 15) is 0 Å². The number of rotatable bonds is 3. The lowest BCUT2D eigenvalue weighted by Gasteiger charge is -2.07. The summed E-state index contributed by atoms with van der Waals surface area (Å²) in [6.07, 6.45) is 1.71. The van der Waals surface area contributed by atoms with Crippen LogP contribution in [-0.4, -0.2) is 11.8 Å². The Bertz CT molecular complexity index is 555. The van der Waals surface area contributed by atoms with E-state index in [1.165, 1.54) is 0 Å². The standard InChI is InChI=1S/C13H13N3O2/c14-13-4-2-10(7-16-13)15-6-9-1-3-11-12(5-9)18-8-17-11/h1-5,7,15H,6,8H2,(H2,14,16). The first-order chi connectivity index (χ1) is 8.81. The lowest BCUT2D eigenvalue weighted by Crippen LogP contribution is -2.00. The molecule has 1 aliphatic rings. The van der Waals surface area contributed by atoms with Crippen molar-refractivity contribution < 1.29 is 9.47 Å². The van der Waals surface area contributed by atoms with Crippen molar-refractivity contribution in [3.63, 3.8) is 0 Å². The molecule has 0 unspecified atom stereocenters. The number of hydrogen-bond acceptors (Lipinski definition) is 5. The molecule has 0 saturated heterocycles. The Morgan fingerprint density at radius 2 is 2.06 bits per heavy atom. The molecule has 0 amide bonds. The summed E-state index contributed by atoms with van der Waals surface area (Å²) in [4.78, 5) is 4.02. The molecule has 0 fully saturated rings. The van der Waals surface area contributed by atoms with Gasteiger partial charge in [0, 0.05) is 6.54 Å². The third kappa shape index (κ3) is 2.15. The van der Waals surface area contributed by atoms with Gasteiger partial charge in [0.25, 0.3) is 0 Å². The van der Waals surface area contributed by atoms with E-state index >= 15 is 0 Å². The van der Waals surface area contributed by atoms with E-state index in [0.717, 1.165) is 22.7 Å². The second kappa shape index (κ2) is 4.44. The summed E-state index contributed by atoms with van der Waals surface area (Å²) in [6.45, 7) is 0.996. The van der Waals surface area contributed by atoms with Gasteiger partial charge >= 0.3 is 0 Å². The first-order valence-electron chi connectivity index (χ1n) is 5.65. The van der Waals surface area contributed by atoms with Gasteiger partial charge in [-0.2, -0.15) is 0 Å². The number of ether oxygens (including phenoxy) is 2. The quantitative estimate of drug-likeness (QED) is 0.863. The maximum Gasteiger partial charge on any atom is 0.231 e. The first-order valence-corrected chi connectivity index (χ1v) is 5.65. The first kappa shape index (κ1) is 10.7. The number of nitrogens with zero attached hydrogens (tertiary/aromatic N) is 1. The maximum atomic E-state index is 5.53. The van der Waals surface area contributed by atoms with Gasteiger partial charge in [-0.1, -0.05) is 6.07 Å². The second-order valence-electron chi connectivity index (χ2n) is 4.01. The normalized spacial score (nSPS) is 12.4. The van der Waals surface area contributed by atoms with Crippen molar-refractivity contribution in [2.24, 2.45) is 0 Å². The predicted octanol–water partition coefficient (Wildman–Crippen LogP) is 2.00. The van der Waals surface area contributed by atoms with Crippen molar-refractivity contribution in [3.8, 4) is 11.5 Å². The SMILES string of the molecule is Nc1ccc(NCc2ccc3c(c2)OCO3)cn1. The highest BCUT2D eigenvalue weighted by molar-refractivity contribution is 5.48. The van der Waals surface area contributed by atoms with Crippen LogP contribution in [-0.2, 0) is 6.54 Å². The van der Waals surface area contributed by atoms with Gasteiger partial charge in [-0.3, -0.25) is 0 Å². The summed E-state index contributed by atoms with van der Waals surface area (Å²) in [6, 6.07) is 9.56. The third-order valence-electron chi connectivity index (χ3n) is 2.72. The van der Waals surface area contributed by atoms with E-state index in [0.29, 0.717) is 19.2 Å². The topological polar surface area (TPSA) is 69.4 Å². The molecule has 0 aliphatic carbocycles. The number of nitrogens with one attached hydrogen (secondary N) is 1. The van der Waals surface area contributed by atoms with Gasteiger partial charge in [0.2, 0.25) is 6.79 Å². The Labute approximate surface area is 105 Å². The van der Waals surface area contributed by atoms with Crippen molar-refractivity contribution >= 4 is 11.5 Å². The molecule has 5 heteroatoms. The lowest BCUT2D eigenvalue weighted by atomic mass is 10.2. The molecular formula is C13H13N3O2. The van der Waals surface area contributed by atoms with Gasteiger partial charge in [0.05, 0.1) is 11.9 Å². The van der Waals surface area contributed by atoms with E-state index in [-0.39, 0.29) is 0 Å². The van der Waals surface area contributed by atoms with Crippen LogP contribution >= 0.6 is 0 Å². The zero-order valence-corrected chi connectivity index (χ0v) is 9.72. The van der Waals surface area contributed by atoms with E-state index in [2.05, 4.69) is 10.3 Å². The van der Waals surface area contributed by atoms with E-state index < -0.39 is 0 Å². The largest absolute Gasteiger partial charge is 0.454 e. The van der Waals surface area contributed by atoms with Crippen LogP contribution in [0.4, 0.5) is 11.5 Å². The number of anilines is 2. The fraction of sp³-hybridized carbons (Fsp3) is 0.154. The molecule has 0 spiro atoms. The van der Waals surface area contributed by atoms with Crippen LogP contribution in [0.3, 0.4) is 0 Å². The van der Waals surface area contributed by atoms with Gasteiger partial charge in [-0.25, -0.2) is 4.98 Å². The van der Waals surface area contributed by atoms with E-state index in [1.807, 2.05) is 24.3 Å². The Balaban J connectivity index is 1.68. The summed E-state index contributed by atoms with van der Waals surface area (Å²) in [5, 5.41) is 3.26. The average molecular weight is 243 g/mol. The number of nitrogen functional groups attached to an aromatic ring is 1. The van der Waals surface area contributed by atoms with Gasteiger partial charge in [-0.15, -0.1) is 0 Å². The van der Waals surface area contributed by atoms with Crippen molar-refractivity contribution in [2.75, 3.05) is 17.8 Å². The summed E-state index contributed by atoms with van der Waals surface area (Å²) in [5.41, 5.74) is 7.58. The zero-order chi connectivity index (χ0) is 12.4.